The maximum absolute atomic E-state index is 5.54. The van der Waals surface area contributed by atoms with Gasteiger partial charge in [-0.3, -0.25) is 0 Å². The van der Waals surface area contributed by atoms with Crippen molar-refractivity contribution in [2.45, 2.75) is 12.3 Å². The highest BCUT2D eigenvalue weighted by molar-refractivity contribution is 5.86. The van der Waals surface area contributed by atoms with Crippen LogP contribution in [0.5, 0.6) is 0 Å². The van der Waals surface area contributed by atoms with Crippen LogP contribution < -0.4 is 0 Å². The van der Waals surface area contributed by atoms with Gasteiger partial charge in [-0.15, -0.1) is 6.42 Å². The zero-order chi connectivity index (χ0) is 18.0. The number of hydrogen-bond donors (Lipinski definition) is 0. The van der Waals surface area contributed by atoms with Crippen molar-refractivity contribution in [2.75, 3.05) is 0 Å². The van der Waals surface area contributed by atoms with Gasteiger partial charge >= 0.3 is 0 Å². The van der Waals surface area contributed by atoms with E-state index in [1.54, 1.807) is 6.08 Å². The average Bonchev–Trinajstić information content (AvgIpc) is 3.01. The topological polar surface area (TPSA) is 0 Å². The Morgan fingerprint density at radius 1 is 0.808 bits per heavy atom. The molecule has 3 aromatic rings. The number of rotatable bonds is 3. The van der Waals surface area contributed by atoms with Crippen molar-refractivity contribution in [1.82, 2.24) is 0 Å². The van der Waals surface area contributed by atoms with E-state index in [1.807, 2.05) is 0 Å². The standard InChI is InChI=1S/C26H20/c1-3-5-13-20(4-2)26(21-14-7-6-8-15-21)24-18-11-9-16-22(24)23-17-10-12-19-25(23)26/h1,4-19H,2H3/b13-5-,20-4+. The summed E-state index contributed by atoms with van der Waals surface area (Å²) in [4.78, 5) is 0. The van der Waals surface area contributed by atoms with Gasteiger partial charge in [-0.25, -0.2) is 0 Å². The van der Waals surface area contributed by atoms with Crippen LogP contribution in [0, 0.1) is 12.3 Å². The quantitative estimate of drug-likeness (QED) is 0.399. The molecule has 1 aliphatic rings. The molecule has 0 aromatic heterocycles. The minimum Gasteiger partial charge on any atom is -0.115 e. The number of benzene rings is 3. The molecular weight excluding hydrogens is 312 g/mol. The van der Waals surface area contributed by atoms with Gasteiger partial charge in [-0.05, 0) is 52.5 Å². The van der Waals surface area contributed by atoms with E-state index in [4.69, 9.17) is 6.42 Å². The number of allylic oxidation sites excluding steroid dienone is 4. The van der Waals surface area contributed by atoms with E-state index in [2.05, 4.69) is 104 Å². The second kappa shape index (κ2) is 6.54. The molecule has 0 bridgehead atoms. The molecule has 0 atom stereocenters. The molecule has 0 heterocycles. The zero-order valence-electron chi connectivity index (χ0n) is 14.8. The highest BCUT2D eigenvalue weighted by Crippen LogP contribution is 2.56. The Labute approximate surface area is 155 Å². The molecule has 1 aliphatic carbocycles. The molecule has 0 radical (unpaired) electrons. The lowest BCUT2D eigenvalue weighted by molar-refractivity contribution is 0.765. The number of hydrogen-bond acceptors (Lipinski definition) is 0. The van der Waals surface area contributed by atoms with Gasteiger partial charge in [0.05, 0.1) is 5.41 Å². The molecule has 0 heteroatoms. The van der Waals surface area contributed by atoms with Gasteiger partial charge in [0, 0.05) is 0 Å². The largest absolute Gasteiger partial charge is 0.115 e. The first-order chi connectivity index (χ1) is 12.8. The fourth-order valence-corrected chi connectivity index (χ4v) is 4.29. The second-order valence-electron chi connectivity index (χ2n) is 6.45. The summed E-state index contributed by atoms with van der Waals surface area (Å²) in [5.41, 5.74) is 7.30. The van der Waals surface area contributed by atoms with Gasteiger partial charge < -0.3 is 0 Å². The zero-order valence-corrected chi connectivity index (χ0v) is 14.8. The third-order valence-corrected chi connectivity index (χ3v) is 5.26. The monoisotopic (exact) mass is 332 g/mol. The van der Waals surface area contributed by atoms with Crippen LogP contribution in [0.25, 0.3) is 11.1 Å². The van der Waals surface area contributed by atoms with Crippen LogP contribution in [0.1, 0.15) is 23.6 Å². The first-order valence-corrected chi connectivity index (χ1v) is 8.88. The molecule has 0 unspecified atom stereocenters. The Morgan fingerprint density at radius 3 is 1.88 bits per heavy atom. The first-order valence-electron chi connectivity index (χ1n) is 8.88. The van der Waals surface area contributed by atoms with Crippen LogP contribution in [0.3, 0.4) is 0 Å². The highest BCUT2D eigenvalue weighted by atomic mass is 14.5. The van der Waals surface area contributed by atoms with Gasteiger partial charge in [-0.2, -0.15) is 0 Å². The van der Waals surface area contributed by atoms with Crippen molar-refractivity contribution >= 4 is 0 Å². The molecule has 4 rings (SSSR count). The fraction of sp³-hybridized carbons (Fsp3) is 0.0769. The molecule has 124 valence electrons. The van der Waals surface area contributed by atoms with Crippen molar-refractivity contribution in [2.24, 2.45) is 0 Å². The summed E-state index contributed by atoms with van der Waals surface area (Å²) >= 11 is 0. The molecule has 0 fully saturated rings. The molecule has 0 nitrogen and oxygen atoms in total. The molecule has 0 aliphatic heterocycles. The molecule has 26 heavy (non-hydrogen) atoms. The van der Waals surface area contributed by atoms with Crippen LogP contribution in [-0.2, 0) is 5.41 Å². The normalized spacial score (nSPS) is 14.7. The fourth-order valence-electron chi connectivity index (χ4n) is 4.29. The van der Waals surface area contributed by atoms with Gasteiger partial charge in [0.2, 0.25) is 0 Å². The average molecular weight is 332 g/mol. The summed E-state index contributed by atoms with van der Waals surface area (Å²) in [5.74, 6) is 2.65. The van der Waals surface area contributed by atoms with Crippen LogP contribution in [0.15, 0.2) is 103 Å². The maximum Gasteiger partial charge on any atom is 0.0710 e. The summed E-state index contributed by atoms with van der Waals surface area (Å²) in [5, 5.41) is 0. The second-order valence-corrected chi connectivity index (χ2v) is 6.45. The van der Waals surface area contributed by atoms with E-state index in [1.165, 1.54) is 33.4 Å². The molecule has 0 spiro atoms. The van der Waals surface area contributed by atoms with Crippen LogP contribution >= 0.6 is 0 Å². The minimum atomic E-state index is -0.351. The molecule has 0 saturated heterocycles. The third-order valence-electron chi connectivity index (χ3n) is 5.26. The van der Waals surface area contributed by atoms with Crippen LogP contribution in [0.4, 0.5) is 0 Å². The van der Waals surface area contributed by atoms with Gasteiger partial charge in [0.15, 0.2) is 0 Å². The van der Waals surface area contributed by atoms with Crippen LogP contribution in [0.2, 0.25) is 0 Å². The summed E-state index contributed by atoms with van der Waals surface area (Å²) in [6, 6.07) is 28.1. The molecule has 0 saturated carbocycles. The van der Waals surface area contributed by atoms with Gasteiger partial charge in [0.25, 0.3) is 0 Å². The molecular formula is C26H20. The van der Waals surface area contributed by atoms with E-state index < -0.39 is 0 Å². The highest BCUT2D eigenvalue weighted by Gasteiger charge is 2.45. The van der Waals surface area contributed by atoms with E-state index >= 15 is 0 Å². The van der Waals surface area contributed by atoms with Gasteiger partial charge in [0.1, 0.15) is 0 Å². The van der Waals surface area contributed by atoms with Crippen molar-refractivity contribution < 1.29 is 0 Å². The van der Waals surface area contributed by atoms with E-state index in [-0.39, 0.29) is 5.41 Å². The SMILES string of the molecule is C#C/C=C\C(=C/C)C1(c2ccccc2)c2ccccc2-c2ccccc21. The summed E-state index contributed by atoms with van der Waals surface area (Å²) < 4.78 is 0. The van der Waals surface area contributed by atoms with E-state index in [9.17, 15) is 0 Å². The van der Waals surface area contributed by atoms with Crippen LogP contribution in [-0.4, -0.2) is 0 Å². The lowest BCUT2D eigenvalue weighted by Crippen LogP contribution is -2.28. The smallest absolute Gasteiger partial charge is 0.0710 e. The van der Waals surface area contributed by atoms with Crippen molar-refractivity contribution in [1.29, 1.82) is 0 Å². The lowest BCUT2D eigenvalue weighted by atomic mass is 9.67. The Kier molecular flexibility index (Phi) is 4.07. The summed E-state index contributed by atoms with van der Waals surface area (Å²) in [6.45, 7) is 2.09. The van der Waals surface area contributed by atoms with E-state index in [0.29, 0.717) is 0 Å². The first kappa shape index (κ1) is 16.2. The van der Waals surface area contributed by atoms with E-state index in [0.717, 1.165) is 0 Å². The predicted octanol–water partition coefficient (Wildman–Crippen LogP) is 6.14. The number of fused-ring (bicyclic) bond motifs is 3. The Balaban J connectivity index is 2.17. The van der Waals surface area contributed by atoms with Crippen molar-refractivity contribution in [3.63, 3.8) is 0 Å². The predicted molar refractivity (Wildman–Crippen MR) is 110 cm³/mol. The lowest BCUT2D eigenvalue weighted by Gasteiger charge is -2.34. The number of terminal acetylenes is 1. The third kappa shape index (κ3) is 2.18. The van der Waals surface area contributed by atoms with Gasteiger partial charge in [-0.1, -0.05) is 90.9 Å². The maximum atomic E-state index is 5.54. The Bertz CT molecular complexity index is 997. The molecule has 0 amide bonds. The van der Waals surface area contributed by atoms with Crippen molar-refractivity contribution in [3.05, 3.63) is 119 Å². The molecule has 3 aromatic carbocycles. The van der Waals surface area contributed by atoms with Crippen molar-refractivity contribution in [3.8, 4) is 23.5 Å². The Hall–Kier alpha value is -3.30. The Morgan fingerprint density at radius 2 is 1.35 bits per heavy atom. The summed E-state index contributed by atoms with van der Waals surface area (Å²) in [7, 11) is 0. The molecule has 0 N–H and O–H groups in total. The summed E-state index contributed by atoms with van der Waals surface area (Å²) in [6.07, 6.45) is 11.6. The minimum absolute atomic E-state index is 0.351.